The first kappa shape index (κ1) is 12.7. The summed E-state index contributed by atoms with van der Waals surface area (Å²) in [6.45, 7) is 1.10. The summed E-state index contributed by atoms with van der Waals surface area (Å²) >= 11 is 0. The fourth-order valence-electron chi connectivity index (χ4n) is 0.298. The molecule has 0 rings (SSSR count). The van der Waals surface area contributed by atoms with E-state index in [0.29, 0.717) is 0 Å². The van der Waals surface area contributed by atoms with Gasteiger partial charge in [-0.15, -0.1) is 12.4 Å². The molecule has 0 bridgehead atoms. The molecule has 0 aromatic heterocycles. The van der Waals surface area contributed by atoms with Gasteiger partial charge in [-0.3, -0.25) is 0 Å². The van der Waals surface area contributed by atoms with Crippen molar-refractivity contribution in [3.8, 4) is 0 Å². The molecule has 0 heterocycles. The Morgan fingerprint density at radius 3 is 1.70 bits per heavy atom. The van der Waals surface area contributed by atoms with Crippen molar-refractivity contribution in [2.24, 2.45) is 5.73 Å². The van der Waals surface area contributed by atoms with Crippen LogP contribution in [0.3, 0.4) is 0 Å². The molecule has 2 atom stereocenters. The normalized spacial score (nSPS) is 17.4. The molecule has 0 amide bonds. The molecule has 2 nitrogen and oxygen atoms in total. The number of rotatable bonds is 1. The highest BCUT2D eigenvalue weighted by atomic mass is 35.5. The maximum Gasteiger partial charge on any atom is 0.415 e. The quantitative estimate of drug-likeness (QED) is 0.622. The lowest BCUT2D eigenvalue weighted by atomic mass is 10.2. The second-order valence-corrected chi connectivity index (χ2v) is 1.85. The third-order valence-corrected chi connectivity index (χ3v) is 0.833. The van der Waals surface area contributed by atoms with Gasteiger partial charge in [-0.05, 0) is 6.92 Å². The van der Waals surface area contributed by atoms with Crippen LogP contribution in [0.15, 0.2) is 0 Å². The van der Waals surface area contributed by atoms with Crippen LogP contribution in [0, 0.1) is 0 Å². The molecule has 0 aliphatic carbocycles. The van der Waals surface area contributed by atoms with Gasteiger partial charge >= 0.3 is 6.18 Å². The maximum absolute atomic E-state index is 11.4. The second-order valence-electron chi connectivity index (χ2n) is 1.85. The average molecular weight is 180 g/mol. The Hall–Kier alpha value is -0.0000000000000000555. The van der Waals surface area contributed by atoms with Gasteiger partial charge in [0.05, 0.1) is 0 Å². The zero-order valence-corrected chi connectivity index (χ0v) is 6.04. The van der Waals surface area contributed by atoms with Crippen LogP contribution in [0.5, 0.6) is 0 Å². The predicted octanol–water partition coefficient (Wildman–Crippen LogP) is 0.679. The zero-order valence-electron chi connectivity index (χ0n) is 5.22. The van der Waals surface area contributed by atoms with E-state index in [0.717, 1.165) is 6.92 Å². The van der Waals surface area contributed by atoms with E-state index in [2.05, 4.69) is 0 Å². The molecule has 0 saturated carbocycles. The zero-order chi connectivity index (χ0) is 7.65. The highest BCUT2D eigenvalue weighted by Crippen LogP contribution is 2.21. The van der Waals surface area contributed by atoms with Gasteiger partial charge in [0.25, 0.3) is 0 Å². The van der Waals surface area contributed by atoms with Crippen LogP contribution in [0.4, 0.5) is 13.2 Å². The average Bonchev–Trinajstić information content (AvgIpc) is 1.62. The molecule has 0 spiro atoms. The highest BCUT2D eigenvalue weighted by Gasteiger charge is 2.40. The molecule has 0 fully saturated rings. The third kappa shape index (κ3) is 3.92. The Labute approximate surface area is 62.6 Å². The van der Waals surface area contributed by atoms with E-state index in [1.165, 1.54) is 0 Å². The van der Waals surface area contributed by atoms with Gasteiger partial charge in [-0.2, -0.15) is 13.2 Å². The van der Waals surface area contributed by atoms with Crippen molar-refractivity contribution in [1.82, 2.24) is 0 Å². The highest BCUT2D eigenvalue weighted by molar-refractivity contribution is 5.85. The Kier molecular flexibility index (Phi) is 5.06. The summed E-state index contributed by atoms with van der Waals surface area (Å²) in [6, 6.07) is -1.26. The van der Waals surface area contributed by atoms with Crippen molar-refractivity contribution in [1.29, 1.82) is 0 Å². The molecular weight excluding hydrogens is 170 g/mol. The van der Waals surface area contributed by atoms with E-state index < -0.39 is 18.3 Å². The van der Waals surface area contributed by atoms with E-state index >= 15 is 0 Å². The molecule has 10 heavy (non-hydrogen) atoms. The van der Waals surface area contributed by atoms with E-state index in [9.17, 15) is 13.2 Å². The minimum atomic E-state index is -4.59. The van der Waals surface area contributed by atoms with Gasteiger partial charge in [0.1, 0.15) is 0 Å². The lowest BCUT2D eigenvalue weighted by Crippen LogP contribution is -2.42. The second kappa shape index (κ2) is 4.00. The van der Waals surface area contributed by atoms with Gasteiger partial charge < -0.3 is 10.8 Å². The number of halogens is 4. The van der Waals surface area contributed by atoms with Crippen LogP contribution in [0.1, 0.15) is 6.92 Å². The van der Waals surface area contributed by atoms with Crippen molar-refractivity contribution in [2.75, 3.05) is 0 Å². The molecule has 0 aliphatic rings. The van der Waals surface area contributed by atoms with Crippen LogP contribution in [0.25, 0.3) is 0 Å². The standard InChI is InChI=1S/C4H8F3NO.ClH/c1-2(8)3(9)4(5,6)7;/h2-3,9H,8H2,1H3;1H/t2-,3+;/m0./s1. The maximum atomic E-state index is 11.4. The number of nitrogens with two attached hydrogens (primary N) is 1. The monoisotopic (exact) mass is 179 g/mol. The van der Waals surface area contributed by atoms with Gasteiger partial charge in [0, 0.05) is 6.04 Å². The molecule has 6 heteroatoms. The van der Waals surface area contributed by atoms with Crippen molar-refractivity contribution in [3.63, 3.8) is 0 Å². The number of hydrogen-bond acceptors (Lipinski definition) is 2. The summed E-state index contributed by atoms with van der Waals surface area (Å²) in [5.74, 6) is 0. The molecule has 0 saturated heterocycles. The van der Waals surface area contributed by atoms with Crippen molar-refractivity contribution < 1.29 is 18.3 Å². The molecule has 0 unspecified atom stereocenters. The van der Waals surface area contributed by atoms with Gasteiger partial charge in [0.15, 0.2) is 6.10 Å². The summed E-state index contributed by atoms with van der Waals surface area (Å²) in [5, 5.41) is 8.21. The van der Waals surface area contributed by atoms with Crippen molar-refractivity contribution >= 4 is 12.4 Å². The lowest BCUT2D eigenvalue weighted by molar-refractivity contribution is -0.208. The molecule has 3 N–H and O–H groups in total. The third-order valence-electron chi connectivity index (χ3n) is 0.833. The largest absolute Gasteiger partial charge is 0.415 e. The van der Waals surface area contributed by atoms with Crippen LogP contribution < -0.4 is 5.73 Å². The lowest BCUT2D eigenvalue weighted by Gasteiger charge is -2.16. The van der Waals surface area contributed by atoms with Crippen LogP contribution in [-0.4, -0.2) is 23.4 Å². The van der Waals surface area contributed by atoms with Gasteiger partial charge in [-0.25, -0.2) is 0 Å². The minimum Gasteiger partial charge on any atom is -0.382 e. The summed E-state index contributed by atoms with van der Waals surface area (Å²) in [6.07, 6.45) is -6.99. The predicted molar refractivity (Wildman–Crippen MR) is 33.0 cm³/mol. The summed E-state index contributed by atoms with van der Waals surface area (Å²) < 4.78 is 34.1. The van der Waals surface area contributed by atoms with Crippen molar-refractivity contribution in [3.05, 3.63) is 0 Å². The van der Waals surface area contributed by atoms with E-state index in [4.69, 9.17) is 10.8 Å². The first-order chi connectivity index (χ1) is 3.85. The summed E-state index contributed by atoms with van der Waals surface area (Å²) in [5.41, 5.74) is 4.75. The topological polar surface area (TPSA) is 46.2 Å². The fraction of sp³-hybridized carbons (Fsp3) is 1.00. The smallest absolute Gasteiger partial charge is 0.382 e. The van der Waals surface area contributed by atoms with Crippen LogP contribution >= 0.6 is 12.4 Å². The Morgan fingerprint density at radius 2 is 1.70 bits per heavy atom. The first-order valence-corrected chi connectivity index (χ1v) is 2.36. The summed E-state index contributed by atoms with van der Waals surface area (Å²) in [4.78, 5) is 0. The summed E-state index contributed by atoms with van der Waals surface area (Å²) in [7, 11) is 0. The Morgan fingerprint density at radius 1 is 1.40 bits per heavy atom. The van der Waals surface area contributed by atoms with Crippen LogP contribution in [-0.2, 0) is 0 Å². The van der Waals surface area contributed by atoms with Crippen molar-refractivity contribution in [2.45, 2.75) is 25.2 Å². The molecular formula is C4H9ClF3NO. The SMILES string of the molecule is C[C@H](N)[C@@H](O)C(F)(F)F.Cl. The molecule has 0 radical (unpaired) electrons. The van der Waals surface area contributed by atoms with Gasteiger partial charge in [-0.1, -0.05) is 0 Å². The molecule has 0 aliphatic heterocycles. The Balaban J connectivity index is 0. The number of alkyl halides is 3. The van der Waals surface area contributed by atoms with E-state index in [1.54, 1.807) is 0 Å². The minimum absolute atomic E-state index is 0. The van der Waals surface area contributed by atoms with Gasteiger partial charge in [0.2, 0.25) is 0 Å². The fourth-order valence-corrected chi connectivity index (χ4v) is 0.298. The first-order valence-electron chi connectivity index (χ1n) is 2.36. The molecule has 0 aromatic carbocycles. The van der Waals surface area contributed by atoms with E-state index in [-0.39, 0.29) is 12.4 Å². The van der Waals surface area contributed by atoms with E-state index in [1.807, 2.05) is 0 Å². The number of aliphatic hydroxyl groups excluding tert-OH is 1. The van der Waals surface area contributed by atoms with Crippen LogP contribution in [0.2, 0.25) is 0 Å². The molecule has 0 aromatic rings. The number of hydrogen-bond donors (Lipinski definition) is 2. The molecule has 64 valence electrons. The Bertz CT molecular complexity index is 95.0. The number of aliphatic hydroxyl groups is 1.